The first-order chi connectivity index (χ1) is 9.40. The molecular formula is C16H14O4. The van der Waals surface area contributed by atoms with Crippen LogP contribution in [0.1, 0.15) is 5.56 Å². The number of aliphatic hydroxyl groups excluding tert-OH is 1. The molecule has 0 radical (unpaired) electrons. The van der Waals surface area contributed by atoms with Gasteiger partial charge >= 0.3 is 0 Å². The van der Waals surface area contributed by atoms with Crippen molar-refractivity contribution in [2.24, 2.45) is 0 Å². The van der Waals surface area contributed by atoms with Crippen molar-refractivity contribution in [1.82, 2.24) is 0 Å². The standard InChI is InChI=1S/C16H14O4/c1-9-3-4-11(18)7-13(9)16(10(2)17)14-8-12(19)5-6-15(14)20/h3-8,17-20H,1-2H2/b16-13+. The van der Waals surface area contributed by atoms with Gasteiger partial charge < -0.3 is 20.4 Å². The predicted octanol–water partition coefficient (Wildman–Crippen LogP) is 1.48. The van der Waals surface area contributed by atoms with Crippen LogP contribution in [-0.4, -0.2) is 20.4 Å². The molecule has 2 aromatic carbocycles. The molecule has 0 bridgehead atoms. The summed E-state index contributed by atoms with van der Waals surface area (Å²) < 4.78 is 0. The van der Waals surface area contributed by atoms with E-state index in [1.165, 1.54) is 30.3 Å². The molecule has 0 aliphatic heterocycles. The molecule has 0 amide bonds. The summed E-state index contributed by atoms with van der Waals surface area (Å²) in [5.74, 6) is -0.509. The van der Waals surface area contributed by atoms with Gasteiger partial charge in [-0.05, 0) is 40.8 Å². The third-order valence-corrected chi connectivity index (χ3v) is 2.90. The van der Waals surface area contributed by atoms with Crippen LogP contribution >= 0.6 is 0 Å². The number of phenolic OH excluding ortho intramolecular Hbond substituents is 3. The monoisotopic (exact) mass is 270 g/mol. The lowest BCUT2D eigenvalue weighted by Crippen LogP contribution is -2.26. The van der Waals surface area contributed by atoms with Gasteiger partial charge in [0.05, 0.1) is 0 Å². The van der Waals surface area contributed by atoms with Crippen LogP contribution in [0, 0.1) is 0 Å². The first-order valence-electron chi connectivity index (χ1n) is 5.83. The van der Waals surface area contributed by atoms with Crippen molar-refractivity contribution in [3.8, 4) is 17.2 Å². The molecular weight excluding hydrogens is 256 g/mol. The fourth-order valence-corrected chi connectivity index (χ4v) is 1.98. The first kappa shape index (κ1) is 13.5. The van der Waals surface area contributed by atoms with Crippen LogP contribution in [0.2, 0.25) is 0 Å². The third kappa shape index (κ3) is 2.44. The number of aliphatic hydroxyl groups is 1. The molecule has 0 aromatic heterocycles. The normalized spacial score (nSPS) is 12.0. The largest absolute Gasteiger partial charge is 0.508 e. The molecule has 4 N–H and O–H groups in total. The zero-order chi connectivity index (χ0) is 14.9. The van der Waals surface area contributed by atoms with E-state index < -0.39 is 0 Å². The Hall–Kier alpha value is -2.88. The van der Waals surface area contributed by atoms with Crippen LogP contribution in [0.4, 0.5) is 0 Å². The summed E-state index contributed by atoms with van der Waals surface area (Å²) in [6.45, 7) is 7.28. The average Bonchev–Trinajstić information content (AvgIpc) is 2.37. The van der Waals surface area contributed by atoms with E-state index in [0.717, 1.165) is 0 Å². The van der Waals surface area contributed by atoms with Crippen LogP contribution in [0.25, 0.3) is 12.2 Å². The second-order valence-electron chi connectivity index (χ2n) is 4.36. The summed E-state index contributed by atoms with van der Waals surface area (Å²) in [7, 11) is 0. The van der Waals surface area contributed by atoms with Crippen molar-refractivity contribution in [2.75, 3.05) is 0 Å². The molecule has 20 heavy (non-hydrogen) atoms. The Bertz CT molecular complexity index is 791. The lowest BCUT2D eigenvalue weighted by Gasteiger charge is -2.10. The SMILES string of the molecule is C=C(O)/C(c1cc(O)ccc1O)=c1/cc(O)ccc1=C. The lowest BCUT2D eigenvalue weighted by molar-refractivity contribution is 0.435. The molecule has 2 aromatic rings. The molecule has 4 heteroatoms. The minimum absolute atomic E-state index is 0.00853. The number of benzene rings is 2. The van der Waals surface area contributed by atoms with Crippen molar-refractivity contribution in [1.29, 1.82) is 0 Å². The molecule has 0 saturated carbocycles. The van der Waals surface area contributed by atoms with Crippen LogP contribution in [0.3, 0.4) is 0 Å². The topological polar surface area (TPSA) is 80.9 Å². The van der Waals surface area contributed by atoms with Crippen molar-refractivity contribution in [3.05, 3.63) is 64.7 Å². The van der Waals surface area contributed by atoms with Gasteiger partial charge in [-0.15, -0.1) is 0 Å². The molecule has 0 heterocycles. The van der Waals surface area contributed by atoms with Gasteiger partial charge in [0.15, 0.2) is 0 Å². The lowest BCUT2D eigenvalue weighted by atomic mass is 9.99. The van der Waals surface area contributed by atoms with Gasteiger partial charge in [0.1, 0.15) is 23.0 Å². The van der Waals surface area contributed by atoms with Crippen molar-refractivity contribution in [2.45, 2.75) is 0 Å². The third-order valence-electron chi connectivity index (χ3n) is 2.90. The van der Waals surface area contributed by atoms with E-state index in [1.807, 2.05) is 0 Å². The van der Waals surface area contributed by atoms with Crippen LogP contribution < -0.4 is 10.4 Å². The predicted molar refractivity (Wildman–Crippen MR) is 76.9 cm³/mol. The Morgan fingerprint density at radius 2 is 1.50 bits per heavy atom. The molecule has 4 nitrogen and oxygen atoms in total. The summed E-state index contributed by atoms with van der Waals surface area (Å²) >= 11 is 0. The minimum atomic E-state index is -0.304. The van der Waals surface area contributed by atoms with Crippen molar-refractivity contribution >= 4 is 12.2 Å². The van der Waals surface area contributed by atoms with Crippen LogP contribution in [-0.2, 0) is 0 Å². The van der Waals surface area contributed by atoms with Gasteiger partial charge in [0, 0.05) is 11.1 Å². The average molecular weight is 270 g/mol. The smallest absolute Gasteiger partial charge is 0.123 e. The fourth-order valence-electron chi connectivity index (χ4n) is 1.98. The van der Waals surface area contributed by atoms with E-state index in [-0.39, 0.29) is 34.1 Å². The summed E-state index contributed by atoms with van der Waals surface area (Å²) in [6, 6.07) is 8.38. The Balaban J connectivity index is 2.95. The van der Waals surface area contributed by atoms with Gasteiger partial charge in [-0.25, -0.2) is 0 Å². The van der Waals surface area contributed by atoms with Gasteiger partial charge in [-0.3, -0.25) is 0 Å². The van der Waals surface area contributed by atoms with E-state index >= 15 is 0 Å². The molecule has 0 unspecified atom stereocenters. The maximum atomic E-state index is 9.91. The minimum Gasteiger partial charge on any atom is -0.508 e. The highest BCUT2D eigenvalue weighted by Gasteiger charge is 2.13. The Labute approximate surface area is 115 Å². The van der Waals surface area contributed by atoms with Gasteiger partial charge in [0.2, 0.25) is 0 Å². The highest BCUT2D eigenvalue weighted by molar-refractivity contribution is 5.80. The zero-order valence-electron chi connectivity index (χ0n) is 10.7. The molecule has 0 aliphatic rings. The maximum absolute atomic E-state index is 9.91. The summed E-state index contributed by atoms with van der Waals surface area (Å²) in [6.07, 6.45) is 0. The Morgan fingerprint density at radius 1 is 0.900 bits per heavy atom. The van der Waals surface area contributed by atoms with E-state index in [4.69, 9.17) is 0 Å². The molecule has 0 spiro atoms. The number of phenols is 3. The summed E-state index contributed by atoms with van der Waals surface area (Å²) in [4.78, 5) is 0. The summed E-state index contributed by atoms with van der Waals surface area (Å²) in [5, 5.41) is 39.8. The molecule has 0 atom stereocenters. The second-order valence-corrected chi connectivity index (χ2v) is 4.36. The number of hydrogen-bond acceptors (Lipinski definition) is 4. The maximum Gasteiger partial charge on any atom is 0.123 e. The van der Waals surface area contributed by atoms with E-state index in [0.29, 0.717) is 10.4 Å². The fraction of sp³-hybridized carbons (Fsp3) is 0. The number of allylic oxidation sites excluding steroid dienone is 1. The number of aromatic hydroxyl groups is 3. The van der Waals surface area contributed by atoms with Crippen LogP contribution in [0.5, 0.6) is 17.2 Å². The Kier molecular flexibility index (Phi) is 3.39. The molecule has 2 rings (SSSR count). The van der Waals surface area contributed by atoms with Gasteiger partial charge in [-0.1, -0.05) is 19.2 Å². The van der Waals surface area contributed by atoms with Crippen molar-refractivity contribution < 1.29 is 20.4 Å². The van der Waals surface area contributed by atoms with E-state index in [2.05, 4.69) is 13.2 Å². The van der Waals surface area contributed by atoms with E-state index in [1.54, 1.807) is 6.07 Å². The van der Waals surface area contributed by atoms with Gasteiger partial charge in [0.25, 0.3) is 0 Å². The quantitative estimate of drug-likeness (QED) is 0.492. The molecule has 0 fully saturated rings. The van der Waals surface area contributed by atoms with E-state index in [9.17, 15) is 20.4 Å². The first-order valence-corrected chi connectivity index (χ1v) is 5.83. The van der Waals surface area contributed by atoms with Crippen LogP contribution in [0.15, 0.2) is 48.7 Å². The number of rotatable bonds is 2. The number of hydrogen-bond donors (Lipinski definition) is 4. The highest BCUT2D eigenvalue weighted by atomic mass is 16.3. The van der Waals surface area contributed by atoms with Gasteiger partial charge in [-0.2, -0.15) is 0 Å². The molecule has 102 valence electrons. The highest BCUT2D eigenvalue weighted by Crippen LogP contribution is 2.29. The molecule has 0 saturated heterocycles. The Morgan fingerprint density at radius 3 is 2.15 bits per heavy atom. The molecule has 0 aliphatic carbocycles. The second kappa shape index (κ2) is 5.01. The summed E-state index contributed by atoms with van der Waals surface area (Å²) in [5.41, 5.74) is 0.396. The van der Waals surface area contributed by atoms with Crippen molar-refractivity contribution in [3.63, 3.8) is 0 Å². The zero-order valence-corrected chi connectivity index (χ0v) is 10.7.